The van der Waals surface area contributed by atoms with Gasteiger partial charge >= 0.3 is 0 Å². The fourth-order valence-electron chi connectivity index (χ4n) is 5.00. The van der Waals surface area contributed by atoms with Crippen molar-refractivity contribution in [3.63, 3.8) is 0 Å². The number of benzene rings is 2. The van der Waals surface area contributed by atoms with Crippen LogP contribution in [0.1, 0.15) is 32.3 Å². The predicted octanol–water partition coefficient (Wildman–Crippen LogP) is 4.25. The molecule has 0 bridgehead atoms. The highest BCUT2D eigenvalue weighted by molar-refractivity contribution is 5.84. The molecule has 5 rings (SSSR count). The molecular weight excluding hydrogens is 398 g/mol. The lowest BCUT2D eigenvalue weighted by atomic mass is 9.98. The third-order valence-corrected chi connectivity index (χ3v) is 6.92. The summed E-state index contributed by atoms with van der Waals surface area (Å²) in [6.45, 7) is 5.53. The Morgan fingerprint density at radius 1 is 1.16 bits per heavy atom. The molecule has 2 fully saturated rings. The first-order valence-corrected chi connectivity index (χ1v) is 11.2. The van der Waals surface area contributed by atoms with Gasteiger partial charge < -0.3 is 9.80 Å². The summed E-state index contributed by atoms with van der Waals surface area (Å²) in [6, 6.07) is 17.8. The van der Waals surface area contributed by atoms with Gasteiger partial charge in [-0.15, -0.1) is 0 Å². The van der Waals surface area contributed by atoms with Gasteiger partial charge in [0.05, 0.1) is 28.7 Å². The van der Waals surface area contributed by atoms with E-state index in [9.17, 15) is 10.1 Å². The van der Waals surface area contributed by atoms with Crippen LogP contribution in [0.15, 0.2) is 48.5 Å². The number of amides is 1. The molecule has 2 aromatic carbocycles. The number of anilines is 1. The number of nitriles is 1. The van der Waals surface area contributed by atoms with Gasteiger partial charge in [0, 0.05) is 37.0 Å². The predicted molar refractivity (Wildman–Crippen MR) is 125 cm³/mol. The maximum absolute atomic E-state index is 12.8. The van der Waals surface area contributed by atoms with Crippen molar-refractivity contribution < 1.29 is 4.79 Å². The lowest BCUT2D eigenvalue weighted by Gasteiger charge is -2.30. The molecule has 6 nitrogen and oxygen atoms in total. The number of aromatic nitrogens is 2. The minimum absolute atomic E-state index is 0.0189. The normalized spacial score (nSPS) is 18.8. The first-order valence-electron chi connectivity index (χ1n) is 11.2. The van der Waals surface area contributed by atoms with E-state index in [0.29, 0.717) is 5.56 Å². The van der Waals surface area contributed by atoms with Crippen molar-refractivity contribution in [3.05, 3.63) is 54.1 Å². The molecule has 2 heterocycles. The van der Waals surface area contributed by atoms with E-state index in [1.165, 1.54) is 0 Å². The van der Waals surface area contributed by atoms with E-state index < -0.39 is 0 Å². The number of likely N-dealkylation sites (N-methyl/N-ethyl adjacent to an activating group) is 1. The van der Waals surface area contributed by atoms with Crippen molar-refractivity contribution in [1.29, 1.82) is 5.26 Å². The average molecular weight is 426 g/mol. The first kappa shape index (κ1) is 20.4. The molecule has 1 aliphatic heterocycles. The standard InChI is InChI=1S/C26H27N5O/c1-17(2)25(32)30(3)22-15-31(16-26(22)11-12-26)24-23(19-8-6-7-18(13-19)14-27)28-20-9-4-5-10-21(20)29-24/h4-10,13,17,22H,11-12,15-16H2,1-3H3/t22-/m1/s1. The van der Waals surface area contributed by atoms with Gasteiger partial charge in [-0.25, -0.2) is 9.97 Å². The summed E-state index contributed by atoms with van der Waals surface area (Å²) in [5, 5.41) is 9.40. The zero-order valence-electron chi connectivity index (χ0n) is 18.7. The Morgan fingerprint density at radius 3 is 2.53 bits per heavy atom. The Hall–Kier alpha value is -3.46. The Balaban J connectivity index is 1.59. The summed E-state index contributed by atoms with van der Waals surface area (Å²) in [6.07, 6.45) is 2.26. The summed E-state index contributed by atoms with van der Waals surface area (Å²) in [5.74, 6) is 1.00. The number of rotatable bonds is 4. The van der Waals surface area contributed by atoms with E-state index in [1.807, 2.05) is 68.3 Å². The maximum atomic E-state index is 12.8. The van der Waals surface area contributed by atoms with Crippen LogP contribution in [0.3, 0.4) is 0 Å². The largest absolute Gasteiger partial charge is 0.352 e. The highest BCUT2D eigenvalue weighted by atomic mass is 16.2. The molecule has 1 aliphatic carbocycles. The molecule has 1 amide bonds. The third kappa shape index (κ3) is 3.38. The van der Waals surface area contributed by atoms with Crippen LogP contribution in [0.4, 0.5) is 5.82 Å². The van der Waals surface area contributed by atoms with Crippen LogP contribution in [0.2, 0.25) is 0 Å². The van der Waals surface area contributed by atoms with Gasteiger partial charge in [-0.1, -0.05) is 38.1 Å². The van der Waals surface area contributed by atoms with E-state index in [2.05, 4.69) is 11.0 Å². The highest BCUT2D eigenvalue weighted by Crippen LogP contribution is 2.55. The number of carbonyl (C=O) groups is 1. The maximum Gasteiger partial charge on any atom is 0.225 e. The number of nitrogens with zero attached hydrogens (tertiary/aromatic N) is 5. The molecule has 1 atom stereocenters. The molecule has 32 heavy (non-hydrogen) atoms. The molecule has 0 radical (unpaired) electrons. The quantitative estimate of drug-likeness (QED) is 0.625. The molecule has 6 heteroatoms. The zero-order chi connectivity index (χ0) is 22.5. The van der Waals surface area contributed by atoms with Crippen molar-refractivity contribution in [3.8, 4) is 17.3 Å². The minimum atomic E-state index is -0.0189. The Labute approximate surface area is 188 Å². The van der Waals surface area contributed by atoms with Gasteiger partial charge in [-0.2, -0.15) is 5.26 Å². The van der Waals surface area contributed by atoms with E-state index in [1.54, 1.807) is 6.07 Å². The number of hydrogen-bond donors (Lipinski definition) is 0. The van der Waals surface area contributed by atoms with Crippen LogP contribution in [0.5, 0.6) is 0 Å². The van der Waals surface area contributed by atoms with Crippen molar-refractivity contribution >= 4 is 22.8 Å². The molecule has 162 valence electrons. The van der Waals surface area contributed by atoms with Gasteiger partial charge in [0.2, 0.25) is 5.91 Å². The fraction of sp³-hybridized carbons (Fsp3) is 0.385. The van der Waals surface area contributed by atoms with Gasteiger partial charge in [0.25, 0.3) is 0 Å². The van der Waals surface area contributed by atoms with E-state index in [0.717, 1.165) is 54.0 Å². The SMILES string of the molecule is CC(C)C(=O)N(C)[C@@H]1CN(c2nc3ccccc3nc2-c2cccc(C#N)c2)CC12CC2. The molecule has 1 saturated carbocycles. The minimum Gasteiger partial charge on any atom is -0.352 e. The van der Waals surface area contributed by atoms with Crippen molar-refractivity contribution in [1.82, 2.24) is 14.9 Å². The summed E-state index contributed by atoms with van der Waals surface area (Å²) < 4.78 is 0. The summed E-state index contributed by atoms with van der Waals surface area (Å²) in [5.41, 5.74) is 4.09. The molecule has 2 aliphatic rings. The molecule has 1 aromatic heterocycles. The lowest BCUT2D eigenvalue weighted by molar-refractivity contribution is -0.135. The second kappa shape index (κ2) is 7.59. The summed E-state index contributed by atoms with van der Waals surface area (Å²) >= 11 is 0. The number of carbonyl (C=O) groups excluding carboxylic acids is 1. The highest BCUT2D eigenvalue weighted by Gasteiger charge is 2.57. The number of para-hydroxylation sites is 2. The van der Waals surface area contributed by atoms with Crippen LogP contribution in [0.25, 0.3) is 22.3 Å². The average Bonchev–Trinajstić information content (AvgIpc) is 3.49. The van der Waals surface area contributed by atoms with Crippen LogP contribution < -0.4 is 4.90 Å². The lowest BCUT2D eigenvalue weighted by Crippen LogP contribution is -2.44. The second-order valence-corrected chi connectivity index (χ2v) is 9.44. The molecule has 1 saturated heterocycles. The number of fused-ring (bicyclic) bond motifs is 1. The van der Waals surface area contributed by atoms with Crippen LogP contribution in [0, 0.1) is 22.7 Å². The van der Waals surface area contributed by atoms with E-state index in [4.69, 9.17) is 9.97 Å². The molecule has 3 aromatic rings. The monoisotopic (exact) mass is 425 g/mol. The van der Waals surface area contributed by atoms with Crippen molar-refractivity contribution in [2.24, 2.45) is 11.3 Å². The smallest absolute Gasteiger partial charge is 0.225 e. The van der Waals surface area contributed by atoms with Crippen LogP contribution in [-0.4, -0.2) is 47.0 Å². The van der Waals surface area contributed by atoms with Gasteiger partial charge in [0.1, 0.15) is 5.69 Å². The van der Waals surface area contributed by atoms with Crippen LogP contribution in [-0.2, 0) is 4.79 Å². The van der Waals surface area contributed by atoms with Gasteiger partial charge in [-0.05, 0) is 37.1 Å². The topological polar surface area (TPSA) is 73.1 Å². The third-order valence-electron chi connectivity index (χ3n) is 6.92. The van der Waals surface area contributed by atoms with E-state index in [-0.39, 0.29) is 23.3 Å². The first-order chi connectivity index (χ1) is 15.4. The summed E-state index contributed by atoms with van der Waals surface area (Å²) in [7, 11) is 1.94. The molecular formula is C26H27N5O. The fourth-order valence-corrected chi connectivity index (χ4v) is 5.00. The molecule has 0 unspecified atom stereocenters. The second-order valence-electron chi connectivity index (χ2n) is 9.44. The van der Waals surface area contributed by atoms with Crippen LogP contribution >= 0.6 is 0 Å². The molecule has 1 spiro atoms. The Bertz CT molecular complexity index is 1240. The van der Waals surface area contributed by atoms with Crippen molar-refractivity contribution in [2.45, 2.75) is 32.7 Å². The summed E-state index contributed by atoms with van der Waals surface area (Å²) in [4.78, 5) is 27.0. The van der Waals surface area contributed by atoms with Gasteiger partial charge in [0.15, 0.2) is 5.82 Å². The van der Waals surface area contributed by atoms with Crippen molar-refractivity contribution in [2.75, 3.05) is 25.0 Å². The molecule has 0 N–H and O–H groups in total. The van der Waals surface area contributed by atoms with E-state index >= 15 is 0 Å². The Morgan fingerprint density at radius 2 is 1.88 bits per heavy atom. The zero-order valence-corrected chi connectivity index (χ0v) is 18.7. The van der Waals surface area contributed by atoms with Gasteiger partial charge in [-0.3, -0.25) is 4.79 Å². The number of hydrogen-bond acceptors (Lipinski definition) is 5. The Kier molecular flexibility index (Phi) is 4.85.